The largest absolute Gasteiger partial charge is 0.457 e. The average Bonchev–Trinajstić information content (AvgIpc) is 2.67. The number of hydrogen-bond donors (Lipinski definition) is 0. The van der Waals surface area contributed by atoms with E-state index in [0.29, 0.717) is 5.56 Å². The highest BCUT2D eigenvalue weighted by Crippen LogP contribution is 2.26. The molecule has 0 unspecified atom stereocenters. The predicted molar refractivity (Wildman–Crippen MR) is 115 cm³/mol. The molecule has 0 aliphatic carbocycles. The Morgan fingerprint density at radius 3 is 2.20 bits per heavy atom. The summed E-state index contributed by atoms with van der Waals surface area (Å²) in [7, 11) is -4.11. The number of para-hydroxylation sites is 1. The van der Waals surface area contributed by atoms with Gasteiger partial charge in [-0.05, 0) is 62.6 Å². The van der Waals surface area contributed by atoms with Crippen molar-refractivity contribution in [3.63, 3.8) is 0 Å². The van der Waals surface area contributed by atoms with Crippen molar-refractivity contribution in [3.8, 4) is 5.75 Å². The molecule has 0 atom stereocenters. The normalized spacial score (nSPS) is 11.2. The molecule has 0 radical (unpaired) electrons. The van der Waals surface area contributed by atoms with Crippen molar-refractivity contribution >= 4 is 16.1 Å². The molecule has 0 saturated carbocycles. The van der Waals surface area contributed by atoms with E-state index in [9.17, 15) is 13.2 Å². The number of aryl methyl sites for hydroxylation is 4. The molecule has 0 fully saturated rings. The highest BCUT2D eigenvalue weighted by molar-refractivity contribution is 7.87. The van der Waals surface area contributed by atoms with Crippen molar-refractivity contribution in [3.05, 3.63) is 94.0 Å². The first-order valence-corrected chi connectivity index (χ1v) is 10.9. The van der Waals surface area contributed by atoms with Crippen LogP contribution in [0.5, 0.6) is 5.75 Å². The Balaban J connectivity index is 1.83. The third-order valence-corrected chi connectivity index (χ3v) is 5.95. The van der Waals surface area contributed by atoms with E-state index in [-0.39, 0.29) is 22.8 Å². The Morgan fingerprint density at radius 2 is 1.50 bits per heavy atom. The fraction of sp³-hybridized carbons (Fsp3) is 0.208. The number of benzene rings is 3. The molecule has 3 aromatic rings. The molecule has 3 aromatic carbocycles. The van der Waals surface area contributed by atoms with Gasteiger partial charge < -0.3 is 8.92 Å². The molecule has 5 nitrogen and oxygen atoms in total. The van der Waals surface area contributed by atoms with Crippen LogP contribution in [0.15, 0.2) is 65.6 Å². The first-order valence-electron chi connectivity index (χ1n) is 9.51. The van der Waals surface area contributed by atoms with Gasteiger partial charge in [-0.25, -0.2) is 4.79 Å². The highest BCUT2D eigenvalue weighted by atomic mass is 32.2. The van der Waals surface area contributed by atoms with Crippen LogP contribution < -0.4 is 4.18 Å². The summed E-state index contributed by atoms with van der Waals surface area (Å²) >= 11 is 0. The second-order valence-electron chi connectivity index (χ2n) is 7.37. The maximum atomic E-state index is 12.8. The highest BCUT2D eigenvalue weighted by Gasteiger charge is 2.23. The number of carbonyl (C=O) groups is 1. The van der Waals surface area contributed by atoms with Crippen molar-refractivity contribution in [2.45, 2.75) is 39.2 Å². The van der Waals surface area contributed by atoms with Gasteiger partial charge >= 0.3 is 16.1 Å². The quantitative estimate of drug-likeness (QED) is 0.409. The lowest BCUT2D eigenvalue weighted by atomic mass is 10.1. The first kappa shape index (κ1) is 21.6. The lowest BCUT2D eigenvalue weighted by molar-refractivity contribution is 0.0470. The van der Waals surface area contributed by atoms with E-state index in [0.717, 1.165) is 22.3 Å². The molecular weight excluding hydrogens is 400 g/mol. The number of ether oxygens (including phenoxy) is 1. The lowest BCUT2D eigenvalue weighted by Crippen LogP contribution is -2.15. The van der Waals surface area contributed by atoms with Crippen LogP contribution in [0, 0.1) is 27.7 Å². The first-order chi connectivity index (χ1) is 14.2. The molecule has 156 valence electrons. The van der Waals surface area contributed by atoms with Crippen molar-refractivity contribution in [1.82, 2.24) is 0 Å². The minimum atomic E-state index is -4.11. The van der Waals surface area contributed by atoms with Gasteiger partial charge in [0.25, 0.3) is 0 Å². The molecule has 0 saturated heterocycles. The second kappa shape index (κ2) is 8.71. The zero-order valence-corrected chi connectivity index (χ0v) is 18.2. The second-order valence-corrected chi connectivity index (χ2v) is 8.89. The predicted octanol–water partition coefficient (Wildman–Crippen LogP) is 5.04. The van der Waals surface area contributed by atoms with Crippen molar-refractivity contribution in [1.29, 1.82) is 0 Å². The van der Waals surface area contributed by atoms with E-state index < -0.39 is 16.1 Å². The molecule has 0 N–H and O–H groups in total. The molecule has 3 rings (SSSR count). The van der Waals surface area contributed by atoms with E-state index in [4.69, 9.17) is 8.92 Å². The summed E-state index contributed by atoms with van der Waals surface area (Å²) in [6.45, 7) is 7.52. The monoisotopic (exact) mass is 424 g/mol. The summed E-state index contributed by atoms with van der Waals surface area (Å²) in [5.41, 5.74) is 4.42. The maximum absolute atomic E-state index is 12.8. The molecule has 0 heterocycles. The van der Waals surface area contributed by atoms with Gasteiger partial charge in [-0.15, -0.1) is 0 Å². The van der Waals surface area contributed by atoms with Gasteiger partial charge in [-0.2, -0.15) is 8.42 Å². The van der Waals surface area contributed by atoms with E-state index in [2.05, 4.69) is 0 Å². The number of carbonyl (C=O) groups excluding carboxylic acids is 1. The molecular formula is C24H24O5S. The Bertz CT molecular complexity index is 1180. The average molecular weight is 425 g/mol. The van der Waals surface area contributed by atoms with Crippen molar-refractivity contribution in [2.24, 2.45) is 0 Å². The van der Waals surface area contributed by atoms with Crippen LogP contribution in [0.3, 0.4) is 0 Å². The molecule has 0 amide bonds. The molecule has 0 aliphatic rings. The molecule has 0 aliphatic heterocycles. The van der Waals surface area contributed by atoms with Gasteiger partial charge in [-0.1, -0.05) is 53.6 Å². The molecule has 0 spiro atoms. The van der Waals surface area contributed by atoms with E-state index >= 15 is 0 Å². The van der Waals surface area contributed by atoms with E-state index in [1.165, 1.54) is 12.1 Å². The van der Waals surface area contributed by atoms with Gasteiger partial charge in [0.15, 0.2) is 5.75 Å². The third kappa shape index (κ3) is 5.07. The minimum absolute atomic E-state index is 0.0516. The zero-order valence-electron chi connectivity index (χ0n) is 17.4. The van der Waals surface area contributed by atoms with Crippen LogP contribution in [-0.2, 0) is 21.5 Å². The third-order valence-electron chi connectivity index (χ3n) is 4.57. The smallest absolute Gasteiger partial charge is 0.342 e. The van der Waals surface area contributed by atoms with Crippen LogP contribution in [0.2, 0.25) is 0 Å². The lowest BCUT2D eigenvalue weighted by Gasteiger charge is -2.13. The fourth-order valence-electron chi connectivity index (χ4n) is 3.23. The summed E-state index contributed by atoms with van der Waals surface area (Å²) in [4.78, 5) is 12.7. The maximum Gasteiger partial charge on any atom is 0.342 e. The summed E-state index contributed by atoms with van der Waals surface area (Å²) < 4.78 is 36.4. The SMILES string of the molecule is Cc1cc(C)cc(COC(=O)c2ccccc2OS(=O)(=O)c2cc(C)ccc2C)c1. The van der Waals surface area contributed by atoms with Crippen molar-refractivity contribution < 1.29 is 22.1 Å². The fourth-order valence-corrected chi connectivity index (χ4v) is 4.49. The van der Waals surface area contributed by atoms with Crippen molar-refractivity contribution in [2.75, 3.05) is 0 Å². The van der Waals surface area contributed by atoms with Crippen LogP contribution in [0.1, 0.15) is 38.2 Å². The topological polar surface area (TPSA) is 69.7 Å². The van der Waals surface area contributed by atoms with Gasteiger partial charge in [0.1, 0.15) is 17.1 Å². The standard InChI is InChI=1S/C24H24O5S/c1-16-9-10-19(4)23(14-16)30(26,27)29-22-8-6-5-7-21(22)24(25)28-15-20-12-17(2)11-18(3)13-20/h5-14H,15H2,1-4H3. The minimum Gasteiger partial charge on any atom is -0.457 e. The Morgan fingerprint density at radius 1 is 0.833 bits per heavy atom. The van der Waals surface area contributed by atoms with Crippen LogP contribution >= 0.6 is 0 Å². The number of esters is 1. The van der Waals surface area contributed by atoms with Crippen LogP contribution in [0.4, 0.5) is 0 Å². The zero-order chi connectivity index (χ0) is 21.9. The van der Waals surface area contributed by atoms with Gasteiger partial charge in [0.05, 0.1) is 0 Å². The van der Waals surface area contributed by atoms with E-state index in [1.54, 1.807) is 38.1 Å². The molecule has 6 heteroatoms. The van der Waals surface area contributed by atoms with Gasteiger partial charge in [-0.3, -0.25) is 0 Å². The Kier molecular flexibility index (Phi) is 6.27. The summed E-state index contributed by atoms with van der Waals surface area (Å²) in [6.07, 6.45) is 0. The van der Waals surface area contributed by atoms with Crippen LogP contribution in [-0.4, -0.2) is 14.4 Å². The van der Waals surface area contributed by atoms with E-state index in [1.807, 2.05) is 38.1 Å². The van der Waals surface area contributed by atoms with Crippen LogP contribution in [0.25, 0.3) is 0 Å². The summed E-state index contributed by atoms with van der Waals surface area (Å²) in [6, 6.07) is 17.2. The van der Waals surface area contributed by atoms with Gasteiger partial charge in [0, 0.05) is 0 Å². The molecule has 0 bridgehead atoms. The number of rotatable bonds is 6. The Hall–Kier alpha value is -3.12. The number of hydrogen-bond acceptors (Lipinski definition) is 5. The van der Waals surface area contributed by atoms with Gasteiger partial charge in [0.2, 0.25) is 0 Å². The molecule has 30 heavy (non-hydrogen) atoms. The summed E-state index contributed by atoms with van der Waals surface area (Å²) in [5.74, 6) is -0.718. The molecule has 0 aromatic heterocycles. The summed E-state index contributed by atoms with van der Waals surface area (Å²) in [5, 5.41) is 0. The Labute approximate surface area is 177 Å².